The lowest BCUT2D eigenvalue weighted by atomic mass is 10.1. The number of carbonyl (C=O) groups is 1. The average molecular weight is 316 g/mol. The maximum Gasteiger partial charge on any atom is 0.201 e. The highest BCUT2D eigenvalue weighted by atomic mass is 35.5. The molecule has 2 aromatic rings. The SMILES string of the molecule is O=C(COc1cccc(Cl)c1)c1cc(Cl)ccc1Cl. The first-order valence-electron chi connectivity index (χ1n) is 5.43. The van der Waals surface area contributed by atoms with Crippen LogP contribution in [0.15, 0.2) is 42.5 Å². The molecular formula is C14H9Cl3O2. The number of halogens is 3. The number of ketones is 1. The fraction of sp³-hybridized carbons (Fsp3) is 0.0714. The highest BCUT2D eigenvalue weighted by Crippen LogP contribution is 2.22. The van der Waals surface area contributed by atoms with Gasteiger partial charge in [0.15, 0.2) is 6.61 Å². The molecule has 0 saturated heterocycles. The van der Waals surface area contributed by atoms with Crippen LogP contribution in [0.1, 0.15) is 10.4 Å². The number of Topliss-reactive ketones (excluding diaryl/α,β-unsaturated/α-hetero) is 1. The predicted octanol–water partition coefficient (Wildman–Crippen LogP) is 4.91. The maximum absolute atomic E-state index is 12.0. The fourth-order valence-electron chi connectivity index (χ4n) is 1.49. The van der Waals surface area contributed by atoms with Gasteiger partial charge in [-0.1, -0.05) is 40.9 Å². The topological polar surface area (TPSA) is 26.3 Å². The Hall–Kier alpha value is -1.22. The van der Waals surface area contributed by atoms with Crippen molar-refractivity contribution in [3.05, 3.63) is 63.1 Å². The monoisotopic (exact) mass is 314 g/mol. The summed E-state index contributed by atoms with van der Waals surface area (Å²) in [6.45, 7) is -0.125. The molecule has 0 amide bonds. The summed E-state index contributed by atoms with van der Waals surface area (Å²) in [5.41, 5.74) is 0.344. The molecule has 0 aromatic heterocycles. The van der Waals surface area contributed by atoms with Crippen molar-refractivity contribution < 1.29 is 9.53 Å². The summed E-state index contributed by atoms with van der Waals surface area (Å²) in [4.78, 5) is 12.0. The highest BCUT2D eigenvalue weighted by Gasteiger charge is 2.12. The third-order valence-electron chi connectivity index (χ3n) is 2.39. The lowest BCUT2D eigenvalue weighted by Crippen LogP contribution is -2.12. The Labute approximate surface area is 125 Å². The highest BCUT2D eigenvalue weighted by molar-refractivity contribution is 6.36. The van der Waals surface area contributed by atoms with Crippen LogP contribution in [0.5, 0.6) is 5.75 Å². The molecule has 0 radical (unpaired) electrons. The summed E-state index contributed by atoms with van der Waals surface area (Å²) >= 11 is 17.6. The minimum atomic E-state index is -0.243. The van der Waals surface area contributed by atoms with Gasteiger partial charge in [-0.3, -0.25) is 4.79 Å². The predicted molar refractivity (Wildman–Crippen MR) is 77.7 cm³/mol. The van der Waals surface area contributed by atoms with Crippen LogP contribution in [0.2, 0.25) is 15.1 Å². The van der Waals surface area contributed by atoms with Crippen LogP contribution in [0.3, 0.4) is 0 Å². The van der Waals surface area contributed by atoms with Gasteiger partial charge in [0.2, 0.25) is 5.78 Å². The first-order valence-corrected chi connectivity index (χ1v) is 6.56. The standard InChI is InChI=1S/C14H9Cl3O2/c15-9-2-1-3-11(6-9)19-8-14(18)12-7-10(16)4-5-13(12)17/h1-7H,8H2. The van der Waals surface area contributed by atoms with Crippen molar-refractivity contribution >= 4 is 40.6 Å². The van der Waals surface area contributed by atoms with Crippen LogP contribution < -0.4 is 4.74 Å². The molecule has 0 unspecified atom stereocenters. The second kappa shape index (κ2) is 6.29. The van der Waals surface area contributed by atoms with Crippen molar-refractivity contribution in [3.8, 4) is 5.75 Å². The molecule has 19 heavy (non-hydrogen) atoms. The number of hydrogen-bond donors (Lipinski definition) is 0. The van der Waals surface area contributed by atoms with E-state index in [2.05, 4.69) is 0 Å². The summed E-state index contributed by atoms with van der Waals surface area (Å²) in [7, 11) is 0. The zero-order chi connectivity index (χ0) is 13.8. The average Bonchev–Trinajstić information content (AvgIpc) is 2.39. The van der Waals surface area contributed by atoms with E-state index in [0.717, 1.165) is 0 Å². The first kappa shape index (κ1) is 14.2. The molecule has 0 heterocycles. The number of carbonyl (C=O) groups excluding carboxylic acids is 1. The van der Waals surface area contributed by atoms with E-state index in [1.807, 2.05) is 0 Å². The molecule has 0 aliphatic rings. The molecule has 0 N–H and O–H groups in total. The Balaban J connectivity index is 2.07. The van der Waals surface area contributed by atoms with Gasteiger partial charge < -0.3 is 4.74 Å². The van der Waals surface area contributed by atoms with E-state index in [4.69, 9.17) is 39.5 Å². The third kappa shape index (κ3) is 3.87. The van der Waals surface area contributed by atoms with E-state index in [-0.39, 0.29) is 12.4 Å². The summed E-state index contributed by atoms with van der Waals surface area (Å²) in [6.07, 6.45) is 0. The Kier molecular flexibility index (Phi) is 4.70. The number of rotatable bonds is 4. The lowest BCUT2D eigenvalue weighted by Gasteiger charge is -2.07. The maximum atomic E-state index is 12.0. The van der Waals surface area contributed by atoms with Crippen molar-refractivity contribution in [3.63, 3.8) is 0 Å². The van der Waals surface area contributed by atoms with Gasteiger partial charge in [-0.2, -0.15) is 0 Å². The molecule has 0 bridgehead atoms. The zero-order valence-electron chi connectivity index (χ0n) is 9.70. The summed E-state index contributed by atoms with van der Waals surface area (Å²) < 4.78 is 5.36. The van der Waals surface area contributed by atoms with Gasteiger partial charge in [0, 0.05) is 15.6 Å². The summed E-state index contributed by atoms with van der Waals surface area (Å²) in [5.74, 6) is 0.284. The van der Waals surface area contributed by atoms with Crippen molar-refractivity contribution in [1.82, 2.24) is 0 Å². The van der Waals surface area contributed by atoms with Gasteiger partial charge in [-0.15, -0.1) is 0 Å². The molecule has 5 heteroatoms. The zero-order valence-corrected chi connectivity index (χ0v) is 12.0. The molecule has 98 valence electrons. The van der Waals surface area contributed by atoms with Gasteiger partial charge >= 0.3 is 0 Å². The molecule has 0 fully saturated rings. The van der Waals surface area contributed by atoms with Crippen LogP contribution in [0.4, 0.5) is 0 Å². The lowest BCUT2D eigenvalue weighted by molar-refractivity contribution is 0.0921. The van der Waals surface area contributed by atoms with Crippen molar-refractivity contribution in [2.75, 3.05) is 6.61 Å². The number of ether oxygens (including phenoxy) is 1. The quantitative estimate of drug-likeness (QED) is 0.749. The smallest absolute Gasteiger partial charge is 0.201 e. The van der Waals surface area contributed by atoms with E-state index < -0.39 is 0 Å². The van der Waals surface area contributed by atoms with E-state index in [1.54, 1.807) is 36.4 Å². The Morgan fingerprint density at radius 2 is 1.74 bits per heavy atom. The second-order valence-electron chi connectivity index (χ2n) is 3.79. The molecule has 2 rings (SSSR count). The van der Waals surface area contributed by atoms with E-state index in [0.29, 0.717) is 26.4 Å². The molecule has 0 aliphatic carbocycles. The van der Waals surface area contributed by atoms with Crippen LogP contribution in [-0.4, -0.2) is 12.4 Å². The van der Waals surface area contributed by atoms with Crippen LogP contribution >= 0.6 is 34.8 Å². The third-order valence-corrected chi connectivity index (χ3v) is 3.19. The van der Waals surface area contributed by atoms with Crippen LogP contribution in [0, 0.1) is 0 Å². The number of benzene rings is 2. The largest absolute Gasteiger partial charge is 0.485 e. The van der Waals surface area contributed by atoms with Crippen LogP contribution in [0.25, 0.3) is 0 Å². The fourth-order valence-corrected chi connectivity index (χ4v) is 2.07. The number of hydrogen-bond acceptors (Lipinski definition) is 2. The first-order chi connectivity index (χ1) is 9.06. The normalized spacial score (nSPS) is 10.3. The van der Waals surface area contributed by atoms with E-state index in [9.17, 15) is 4.79 Å². The van der Waals surface area contributed by atoms with Crippen molar-refractivity contribution in [2.24, 2.45) is 0 Å². The van der Waals surface area contributed by atoms with Gasteiger partial charge in [-0.25, -0.2) is 0 Å². The Morgan fingerprint density at radius 3 is 2.47 bits per heavy atom. The Bertz CT molecular complexity index is 611. The Morgan fingerprint density at radius 1 is 1.00 bits per heavy atom. The van der Waals surface area contributed by atoms with Crippen LogP contribution in [-0.2, 0) is 0 Å². The minimum absolute atomic E-state index is 0.125. The second-order valence-corrected chi connectivity index (χ2v) is 5.07. The van der Waals surface area contributed by atoms with Gasteiger partial charge in [0.05, 0.1) is 5.02 Å². The molecule has 2 aromatic carbocycles. The van der Waals surface area contributed by atoms with Crippen molar-refractivity contribution in [2.45, 2.75) is 0 Å². The van der Waals surface area contributed by atoms with E-state index in [1.165, 1.54) is 6.07 Å². The molecule has 2 nitrogen and oxygen atoms in total. The molecule has 0 aliphatic heterocycles. The molecule has 0 spiro atoms. The summed E-state index contributed by atoms with van der Waals surface area (Å²) in [6, 6.07) is 11.5. The summed E-state index contributed by atoms with van der Waals surface area (Å²) in [5, 5.41) is 1.35. The molecule has 0 atom stereocenters. The van der Waals surface area contributed by atoms with Gasteiger partial charge in [0.1, 0.15) is 5.75 Å². The molecular weight excluding hydrogens is 307 g/mol. The molecule has 0 saturated carbocycles. The van der Waals surface area contributed by atoms with Gasteiger partial charge in [0.25, 0.3) is 0 Å². The minimum Gasteiger partial charge on any atom is -0.485 e. The van der Waals surface area contributed by atoms with E-state index >= 15 is 0 Å². The van der Waals surface area contributed by atoms with Gasteiger partial charge in [-0.05, 0) is 36.4 Å². The van der Waals surface area contributed by atoms with Crippen molar-refractivity contribution in [1.29, 1.82) is 0 Å².